The van der Waals surface area contributed by atoms with Gasteiger partial charge in [-0.3, -0.25) is 9.59 Å². The topological polar surface area (TPSA) is 175 Å². The zero-order chi connectivity index (χ0) is 50.3. The van der Waals surface area contributed by atoms with Crippen molar-refractivity contribution < 1.29 is 49.3 Å². The maximum Gasteiger partial charge on any atom is 0.305 e. The minimum Gasteiger partial charge on any atom is -0.466 e. The number of rotatable bonds is 49. The van der Waals surface area contributed by atoms with E-state index in [1.54, 1.807) is 6.08 Å². The number of ether oxygens (including phenoxy) is 3. The molecular weight excluding hydrogens is 871 g/mol. The van der Waals surface area contributed by atoms with E-state index in [-0.39, 0.29) is 18.5 Å². The molecule has 0 bridgehead atoms. The van der Waals surface area contributed by atoms with E-state index in [2.05, 4.69) is 43.5 Å². The van der Waals surface area contributed by atoms with Crippen molar-refractivity contribution in [3.8, 4) is 0 Å². The Balaban J connectivity index is 2.08. The van der Waals surface area contributed by atoms with Crippen LogP contribution in [0.2, 0.25) is 0 Å². The zero-order valence-electron chi connectivity index (χ0n) is 44.3. The molecule has 0 aromatic heterocycles. The third kappa shape index (κ3) is 38.2. The Morgan fingerprint density at radius 2 is 0.942 bits per heavy atom. The molecule has 1 rings (SSSR count). The van der Waals surface area contributed by atoms with E-state index in [9.17, 15) is 35.1 Å². The lowest BCUT2D eigenvalue weighted by Gasteiger charge is -2.40. The lowest BCUT2D eigenvalue weighted by atomic mass is 9.99. The smallest absolute Gasteiger partial charge is 0.305 e. The van der Waals surface area contributed by atoms with Crippen LogP contribution in [0.3, 0.4) is 0 Å². The molecule has 404 valence electrons. The number of unbranched alkanes of at least 4 members (excludes halogenated alkanes) is 31. The molecule has 0 saturated carbocycles. The van der Waals surface area contributed by atoms with Gasteiger partial charge in [-0.1, -0.05) is 211 Å². The zero-order valence-corrected chi connectivity index (χ0v) is 44.3. The van der Waals surface area contributed by atoms with E-state index >= 15 is 0 Å². The first kappa shape index (κ1) is 64.9. The maximum absolute atomic E-state index is 13.0. The first-order chi connectivity index (χ1) is 33.7. The number of allylic oxidation sites excluding steroid dienone is 5. The highest BCUT2D eigenvalue weighted by atomic mass is 16.7. The lowest BCUT2D eigenvalue weighted by molar-refractivity contribution is -0.302. The Bertz CT molecular complexity index is 1240. The Kier molecular flexibility index (Phi) is 45.3. The number of aliphatic hydroxyl groups excluding tert-OH is 5. The van der Waals surface area contributed by atoms with Gasteiger partial charge in [0, 0.05) is 12.8 Å². The summed E-state index contributed by atoms with van der Waals surface area (Å²) in [6, 6.07) is -0.832. The number of nitrogens with one attached hydrogen (secondary N) is 1. The molecule has 1 amide bonds. The van der Waals surface area contributed by atoms with Crippen LogP contribution in [0, 0.1) is 0 Å². The van der Waals surface area contributed by atoms with Crippen LogP contribution < -0.4 is 5.32 Å². The van der Waals surface area contributed by atoms with Crippen LogP contribution in [0.5, 0.6) is 0 Å². The summed E-state index contributed by atoms with van der Waals surface area (Å²) >= 11 is 0. The monoisotopic (exact) mass is 978 g/mol. The van der Waals surface area contributed by atoms with Crippen LogP contribution in [0.4, 0.5) is 0 Å². The molecule has 0 spiro atoms. The molecule has 69 heavy (non-hydrogen) atoms. The van der Waals surface area contributed by atoms with Crippen molar-refractivity contribution in [3.05, 3.63) is 36.5 Å². The number of hydrogen-bond acceptors (Lipinski definition) is 10. The van der Waals surface area contributed by atoms with Gasteiger partial charge in [-0.25, -0.2) is 0 Å². The summed E-state index contributed by atoms with van der Waals surface area (Å²) in [5.41, 5.74) is 0. The van der Waals surface area contributed by atoms with E-state index in [1.165, 1.54) is 154 Å². The Labute approximate surface area is 422 Å². The van der Waals surface area contributed by atoms with Crippen molar-refractivity contribution in [2.24, 2.45) is 0 Å². The molecule has 6 N–H and O–H groups in total. The Morgan fingerprint density at radius 3 is 1.45 bits per heavy atom. The fourth-order valence-electron chi connectivity index (χ4n) is 8.86. The number of esters is 1. The van der Waals surface area contributed by atoms with Crippen LogP contribution in [-0.4, -0.2) is 100 Å². The van der Waals surface area contributed by atoms with Crippen LogP contribution in [0.25, 0.3) is 0 Å². The number of carbonyl (C=O) groups excluding carboxylic acids is 2. The predicted octanol–water partition coefficient (Wildman–Crippen LogP) is 12.7. The molecule has 1 aliphatic heterocycles. The molecule has 1 fully saturated rings. The second kappa shape index (κ2) is 48.2. The van der Waals surface area contributed by atoms with Gasteiger partial charge in [-0.15, -0.1) is 0 Å². The van der Waals surface area contributed by atoms with Gasteiger partial charge in [0.15, 0.2) is 6.29 Å². The highest BCUT2D eigenvalue weighted by Crippen LogP contribution is 2.23. The fourth-order valence-corrected chi connectivity index (χ4v) is 8.86. The second-order valence-corrected chi connectivity index (χ2v) is 20.0. The van der Waals surface area contributed by atoms with Gasteiger partial charge in [0.25, 0.3) is 0 Å². The number of carbonyl (C=O) groups is 2. The van der Waals surface area contributed by atoms with Crippen LogP contribution in [0.15, 0.2) is 36.5 Å². The second-order valence-electron chi connectivity index (χ2n) is 20.0. The Hall–Kier alpha value is -2.12. The lowest BCUT2D eigenvalue weighted by Crippen LogP contribution is -2.60. The Morgan fingerprint density at radius 1 is 0.522 bits per heavy atom. The summed E-state index contributed by atoms with van der Waals surface area (Å²) in [7, 11) is 0. The molecule has 1 heterocycles. The summed E-state index contributed by atoms with van der Waals surface area (Å²) < 4.78 is 16.6. The highest BCUT2D eigenvalue weighted by Gasteiger charge is 2.44. The highest BCUT2D eigenvalue weighted by molar-refractivity contribution is 5.76. The molecular formula is C58H107NO10. The van der Waals surface area contributed by atoms with Gasteiger partial charge in [-0.2, -0.15) is 0 Å². The predicted molar refractivity (Wildman–Crippen MR) is 283 cm³/mol. The molecule has 1 aliphatic rings. The van der Waals surface area contributed by atoms with Crippen LogP contribution in [-0.2, 0) is 23.8 Å². The summed E-state index contributed by atoms with van der Waals surface area (Å²) in [5, 5.41) is 54.2. The van der Waals surface area contributed by atoms with Gasteiger partial charge in [-0.05, 0) is 70.6 Å². The normalized spacial score (nSPS) is 19.6. The average Bonchev–Trinajstić information content (AvgIpc) is 3.34. The van der Waals surface area contributed by atoms with Crippen molar-refractivity contribution in [1.82, 2.24) is 5.32 Å². The van der Waals surface area contributed by atoms with Crippen molar-refractivity contribution in [1.29, 1.82) is 0 Å². The summed E-state index contributed by atoms with van der Waals surface area (Å²) in [6.07, 6.45) is 48.1. The maximum atomic E-state index is 13.0. The van der Waals surface area contributed by atoms with Crippen molar-refractivity contribution >= 4 is 11.9 Å². The SMILES string of the molecule is CCCCCC/C=C/CC/C=C/C(O)C(COC1OC(CO)C(O)C(O)C1O)NC(=O)CCCCCCCCC/C=C\CCCCCCCCCCCOC(=O)CCCCCCCCCCCCC. The molecule has 0 aromatic carbocycles. The first-order valence-corrected chi connectivity index (χ1v) is 28.8. The quantitative estimate of drug-likeness (QED) is 0.0196. The molecule has 11 nitrogen and oxygen atoms in total. The number of amides is 1. The standard InChI is InChI=1S/C58H107NO10/c1-3-5-7-9-11-13-25-30-34-38-42-46-54(63)67-47-43-39-35-31-27-24-22-20-18-16-15-17-19-21-23-26-29-33-37-41-45-53(62)59-50(49-68-58-57(66)56(65)55(64)52(48-60)69-58)51(61)44-40-36-32-28-14-12-10-8-6-4-2/h14-15,17,28,40,44,50-52,55-58,60-61,64-66H,3-13,16,18-27,29-39,41-43,45-49H2,1-2H3,(H,59,62)/b17-15-,28-14+,44-40+. The van der Waals surface area contributed by atoms with E-state index in [0.717, 1.165) is 77.0 Å². The van der Waals surface area contributed by atoms with Gasteiger partial charge in [0.2, 0.25) is 5.91 Å². The van der Waals surface area contributed by atoms with Crippen molar-refractivity contribution in [2.75, 3.05) is 19.8 Å². The molecule has 7 unspecified atom stereocenters. The molecule has 7 atom stereocenters. The summed E-state index contributed by atoms with van der Waals surface area (Å²) in [5.74, 6) is -0.212. The largest absolute Gasteiger partial charge is 0.466 e. The third-order valence-electron chi connectivity index (χ3n) is 13.5. The third-order valence-corrected chi connectivity index (χ3v) is 13.5. The summed E-state index contributed by atoms with van der Waals surface area (Å²) in [4.78, 5) is 25.0. The van der Waals surface area contributed by atoms with E-state index < -0.39 is 49.5 Å². The molecule has 11 heteroatoms. The van der Waals surface area contributed by atoms with Gasteiger partial charge in [0.05, 0.1) is 32.0 Å². The van der Waals surface area contributed by atoms with Gasteiger partial charge < -0.3 is 45.1 Å². The number of hydrogen-bond donors (Lipinski definition) is 6. The molecule has 0 aromatic rings. The van der Waals surface area contributed by atoms with E-state index in [1.807, 2.05) is 6.08 Å². The summed E-state index contributed by atoms with van der Waals surface area (Å²) in [6.45, 7) is 4.27. The average molecular weight is 978 g/mol. The number of aliphatic hydroxyl groups is 5. The minimum atomic E-state index is -1.58. The molecule has 0 radical (unpaired) electrons. The van der Waals surface area contributed by atoms with Crippen molar-refractivity contribution in [3.63, 3.8) is 0 Å². The van der Waals surface area contributed by atoms with Crippen LogP contribution >= 0.6 is 0 Å². The molecule has 0 aliphatic carbocycles. The fraction of sp³-hybridized carbons (Fsp3) is 0.862. The minimum absolute atomic E-state index is 0.00907. The molecule has 1 saturated heterocycles. The first-order valence-electron chi connectivity index (χ1n) is 28.8. The van der Waals surface area contributed by atoms with E-state index in [4.69, 9.17) is 14.2 Å². The van der Waals surface area contributed by atoms with Crippen LogP contribution in [0.1, 0.15) is 258 Å². The van der Waals surface area contributed by atoms with Gasteiger partial charge >= 0.3 is 5.97 Å². The van der Waals surface area contributed by atoms with Crippen molar-refractivity contribution in [2.45, 2.75) is 301 Å². The van der Waals surface area contributed by atoms with E-state index in [0.29, 0.717) is 19.4 Å². The van der Waals surface area contributed by atoms with Gasteiger partial charge in [0.1, 0.15) is 24.4 Å².